The van der Waals surface area contributed by atoms with Crippen LogP contribution in [-0.4, -0.2) is 40.0 Å². The Morgan fingerprint density at radius 2 is 1.94 bits per heavy atom. The summed E-state index contributed by atoms with van der Waals surface area (Å²) in [4.78, 5) is 36.0. The largest absolute Gasteiger partial charge is 0.497 e. The van der Waals surface area contributed by atoms with Crippen molar-refractivity contribution in [2.45, 2.75) is 19.0 Å². The zero-order valence-electron chi connectivity index (χ0n) is 16.9. The summed E-state index contributed by atoms with van der Waals surface area (Å²) in [7, 11) is 1.53. The normalized spacial score (nSPS) is 17.6. The number of aromatic hydroxyl groups is 1. The molecule has 31 heavy (non-hydrogen) atoms. The van der Waals surface area contributed by atoms with Crippen LogP contribution < -0.4 is 15.4 Å². The summed E-state index contributed by atoms with van der Waals surface area (Å²) in [6.07, 6.45) is 1.67. The van der Waals surface area contributed by atoms with E-state index >= 15 is 0 Å². The Bertz CT molecular complexity index is 1280. The Labute approximate surface area is 177 Å². The molecule has 1 saturated heterocycles. The summed E-state index contributed by atoms with van der Waals surface area (Å²) in [5.41, 5.74) is -0.455. The van der Waals surface area contributed by atoms with Gasteiger partial charge < -0.3 is 19.7 Å². The van der Waals surface area contributed by atoms with E-state index in [9.17, 15) is 19.5 Å². The zero-order chi connectivity index (χ0) is 22.2. The number of carbonyl (C=O) groups is 3. The molecular weight excluding hydrogens is 398 g/mol. The van der Waals surface area contributed by atoms with Crippen LogP contribution in [0.25, 0.3) is 10.8 Å². The lowest BCUT2D eigenvalue weighted by atomic mass is 9.99. The first kappa shape index (κ1) is 20.0. The topological polar surface area (TPSA) is 110 Å². The van der Waals surface area contributed by atoms with E-state index in [1.54, 1.807) is 48.7 Å². The van der Waals surface area contributed by atoms with Gasteiger partial charge in [0, 0.05) is 28.1 Å². The quantitative estimate of drug-likeness (QED) is 0.343. The second-order valence-electron chi connectivity index (χ2n) is 7.23. The summed E-state index contributed by atoms with van der Waals surface area (Å²) in [5, 5.41) is 16.8. The third-order valence-corrected chi connectivity index (χ3v) is 5.13. The number of aromatic nitrogens is 1. The van der Waals surface area contributed by atoms with Crippen molar-refractivity contribution in [1.29, 1.82) is 0 Å². The van der Waals surface area contributed by atoms with E-state index in [0.717, 1.165) is 5.39 Å². The lowest BCUT2D eigenvalue weighted by Gasteiger charge is -2.20. The molecule has 1 fully saturated rings. The molecule has 0 radical (unpaired) electrons. The molecule has 1 aliphatic heterocycles. The van der Waals surface area contributed by atoms with Crippen LogP contribution in [0, 0.1) is 11.8 Å². The van der Waals surface area contributed by atoms with Gasteiger partial charge in [-0.25, -0.2) is 4.79 Å². The first-order chi connectivity index (χ1) is 14.8. The van der Waals surface area contributed by atoms with Crippen LogP contribution in [0.5, 0.6) is 11.6 Å². The number of ketones is 1. The number of amides is 3. The maximum Gasteiger partial charge on any atom is 0.323 e. The molecule has 3 amide bonds. The predicted molar refractivity (Wildman–Crippen MR) is 113 cm³/mol. The standard InChI is InChI=1S/C23H19N3O5/c1-14(27)16-5-3-15(4-6-16)9-10-23(21(29)24-22(30)25-23)13-26-12-17-7-8-18(31-2)11-19(17)20(26)28/h3-8,11-12,28H,13H2,1-2H3,(H2,24,25,29,30)/t23-/m1/s1. The molecule has 0 aliphatic carbocycles. The van der Waals surface area contributed by atoms with E-state index in [1.807, 2.05) is 0 Å². The minimum Gasteiger partial charge on any atom is -0.497 e. The van der Waals surface area contributed by atoms with E-state index in [1.165, 1.54) is 18.6 Å². The molecule has 3 aromatic rings. The summed E-state index contributed by atoms with van der Waals surface area (Å²) < 4.78 is 6.66. The molecule has 0 bridgehead atoms. The van der Waals surface area contributed by atoms with Gasteiger partial charge in [-0.1, -0.05) is 24.0 Å². The van der Waals surface area contributed by atoms with Gasteiger partial charge in [0.05, 0.1) is 13.7 Å². The fourth-order valence-corrected chi connectivity index (χ4v) is 3.43. The van der Waals surface area contributed by atoms with Crippen LogP contribution in [0.4, 0.5) is 4.79 Å². The van der Waals surface area contributed by atoms with Crippen molar-refractivity contribution in [2.24, 2.45) is 0 Å². The highest BCUT2D eigenvalue weighted by molar-refractivity contribution is 6.09. The first-order valence-electron chi connectivity index (χ1n) is 9.45. The van der Waals surface area contributed by atoms with Crippen LogP contribution in [0.3, 0.4) is 0 Å². The maximum absolute atomic E-state index is 12.6. The molecule has 0 spiro atoms. The Hall–Kier alpha value is -4.25. The molecule has 0 unspecified atom stereocenters. The van der Waals surface area contributed by atoms with E-state index in [-0.39, 0.29) is 18.2 Å². The molecule has 0 saturated carbocycles. The Kier molecular flexibility index (Phi) is 4.87. The average Bonchev–Trinajstić information content (AvgIpc) is 3.21. The lowest BCUT2D eigenvalue weighted by molar-refractivity contribution is -0.122. The van der Waals surface area contributed by atoms with Crippen LogP contribution in [-0.2, 0) is 11.3 Å². The smallest absolute Gasteiger partial charge is 0.323 e. The SMILES string of the molecule is COc1ccc2cn(C[C@@]3(C#Cc4ccc(C(C)=O)cc4)NC(=O)NC3=O)c(O)c2c1. The number of Topliss-reactive ketones (excluding diaryl/α,β-unsaturated/α-hetero) is 1. The Balaban J connectivity index is 1.72. The molecule has 156 valence electrons. The maximum atomic E-state index is 12.6. The van der Waals surface area contributed by atoms with E-state index < -0.39 is 17.5 Å². The van der Waals surface area contributed by atoms with Crippen LogP contribution in [0.15, 0.2) is 48.7 Å². The third kappa shape index (κ3) is 3.69. The molecule has 8 nitrogen and oxygen atoms in total. The van der Waals surface area contributed by atoms with Crippen LogP contribution in [0.1, 0.15) is 22.8 Å². The number of rotatable bonds is 4. The van der Waals surface area contributed by atoms with Crippen molar-refractivity contribution < 1.29 is 24.2 Å². The monoisotopic (exact) mass is 417 g/mol. The molecule has 4 rings (SSSR count). The number of carbonyl (C=O) groups excluding carboxylic acids is 3. The van der Waals surface area contributed by atoms with Crippen molar-refractivity contribution in [3.8, 4) is 23.5 Å². The van der Waals surface area contributed by atoms with Crippen molar-refractivity contribution >= 4 is 28.5 Å². The van der Waals surface area contributed by atoms with Gasteiger partial charge in [0.1, 0.15) is 5.75 Å². The number of ether oxygens (including phenoxy) is 1. The number of nitrogens with one attached hydrogen (secondary N) is 2. The van der Waals surface area contributed by atoms with Crippen molar-refractivity contribution in [2.75, 3.05) is 7.11 Å². The van der Waals surface area contributed by atoms with Gasteiger partial charge in [-0.2, -0.15) is 0 Å². The number of imide groups is 1. The number of nitrogens with zero attached hydrogens (tertiary/aromatic N) is 1. The van der Waals surface area contributed by atoms with E-state index in [2.05, 4.69) is 22.5 Å². The minimum absolute atomic E-state index is 0.0646. The zero-order valence-corrected chi connectivity index (χ0v) is 16.9. The summed E-state index contributed by atoms with van der Waals surface area (Å²) in [6, 6.07) is 11.2. The fraction of sp³-hybridized carbons (Fsp3) is 0.174. The molecule has 3 N–H and O–H groups in total. The highest BCUT2D eigenvalue weighted by atomic mass is 16.5. The van der Waals surface area contributed by atoms with Crippen molar-refractivity contribution in [3.63, 3.8) is 0 Å². The van der Waals surface area contributed by atoms with Gasteiger partial charge in [-0.15, -0.1) is 0 Å². The number of fused-ring (bicyclic) bond motifs is 1. The molecule has 1 atom stereocenters. The van der Waals surface area contributed by atoms with Gasteiger partial charge in [0.25, 0.3) is 5.91 Å². The minimum atomic E-state index is -1.58. The number of hydrogen-bond acceptors (Lipinski definition) is 5. The molecule has 1 aromatic heterocycles. The van der Waals surface area contributed by atoms with Gasteiger partial charge >= 0.3 is 6.03 Å². The number of methoxy groups -OCH3 is 1. The molecular formula is C23H19N3O5. The van der Waals surface area contributed by atoms with Gasteiger partial charge in [0.2, 0.25) is 5.54 Å². The third-order valence-electron chi connectivity index (χ3n) is 5.13. The van der Waals surface area contributed by atoms with Crippen LogP contribution >= 0.6 is 0 Å². The van der Waals surface area contributed by atoms with Gasteiger partial charge in [0.15, 0.2) is 11.7 Å². The number of benzene rings is 2. The second-order valence-corrected chi connectivity index (χ2v) is 7.23. The lowest BCUT2D eigenvalue weighted by Crippen LogP contribution is -2.49. The van der Waals surface area contributed by atoms with E-state index in [0.29, 0.717) is 22.3 Å². The average molecular weight is 417 g/mol. The molecule has 2 aromatic carbocycles. The summed E-state index contributed by atoms with van der Waals surface area (Å²) in [6.45, 7) is 1.36. The fourth-order valence-electron chi connectivity index (χ4n) is 3.43. The molecule has 2 heterocycles. The predicted octanol–water partition coefficient (Wildman–Crippen LogP) is 2.19. The molecule has 1 aliphatic rings. The summed E-state index contributed by atoms with van der Waals surface area (Å²) in [5.74, 6) is 5.56. The summed E-state index contributed by atoms with van der Waals surface area (Å²) >= 11 is 0. The number of urea groups is 1. The van der Waals surface area contributed by atoms with Crippen molar-refractivity contribution in [1.82, 2.24) is 15.2 Å². The number of hydrogen-bond donors (Lipinski definition) is 3. The van der Waals surface area contributed by atoms with Crippen LogP contribution in [0.2, 0.25) is 0 Å². The van der Waals surface area contributed by atoms with Gasteiger partial charge in [-0.3, -0.25) is 14.9 Å². The second kappa shape index (κ2) is 7.54. The molecule has 8 heteroatoms. The van der Waals surface area contributed by atoms with E-state index in [4.69, 9.17) is 4.74 Å². The Morgan fingerprint density at radius 1 is 1.19 bits per heavy atom. The Morgan fingerprint density at radius 3 is 2.55 bits per heavy atom. The highest BCUT2D eigenvalue weighted by Gasteiger charge is 2.46. The highest BCUT2D eigenvalue weighted by Crippen LogP contribution is 2.32. The van der Waals surface area contributed by atoms with Gasteiger partial charge in [-0.05, 0) is 37.3 Å². The first-order valence-corrected chi connectivity index (χ1v) is 9.45. The van der Waals surface area contributed by atoms with Crippen molar-refractivity contribution in [3.05, 3.63) is 59.8 Å².